The van der Waals surface area contributed by atoms with E-state index in [9.17, 15) is 25.2 Å². The van der Waals surface area contributed by atoms with Crippen LogP contribution < -0.4 is 0 Å². The van der Waals surface area contributed by atoms with E-state index in [1.54, 1.807) is 0 Å². The zero-order chi connectivity index (χ0) is 8.58. The van der Waals surface area contributed by atoms with Crippen LogP contribution in [0.5, 0.6) is 0 Å². The summed E-state index contributed by atoms with van der Waals surface area (Å²) in [6.07, 6.45) is 0. The molecule has 1 atom stereocenters. The van der Waals surface area contributed by atoms with Crippen LogP contribution in [-0.4, -0.2) is 14.3 Å². The van der Waals surface area contributed by atoms with Gasteiger partial charge in [0.25, 0.3) is 19.0 Å². The lowest BCUT2D eigenvalue weighted by molar-refractivity contribution is -0.0454. The maximum atomic E-state index is 11.1. The summed E-state index contributed by atoms with van der Waals surface area (Å²) in [5.74, 6) is 0. The highest BCUT2D eigenvalue weighted by Gasteiger charge is 2.44. The van der Waals surface area contributed by atoms with Crippen LogP contribution in [0, 0.1) is 0 Å². The van der Waals surface area contributed by atoms with E-state index in [1.165, 1.54) is 0 Å². The Kier molecular flexibility index (Phi) is 2.65. The first-order valence-corrected chi connectivity index (χ1v) is 4.65. The second kappa shape index (κ2) is 2.62. The molecule has 0 radical (unpaired) electrons. The quantitative estimate of drug-likeness (QED) is 0.480. The van der Waals surface area contributed by atoms with Crippen LogP contribution in [-0.2, 0) is 19.0 Å². The topological polar surface area (TPSA) is 37.3 Å². The van der Waals surface area contributed by atoms with Gasteiger partial charge in [-0.3, -0.25) is 4.55 Å². The fourth-order valence-electron chi connectivity index (χ4n) is 0.0714. The molecule has 0 aliphatic carbocycles. The minimum atomic E-state index is -5.97. The van der Waals surface area contributed by atoms with Crippen LogP contribution in [0.3, 0.4) is 0 Å². The van der Waals surface area contributed by atoms with Gasteiger partial charge >= 0.3 is 5.51 Å². The molecule has 1 N–H and O–H groups in total. The summed E-state index contributed by atoms with van der Waals surface area (Å²) in [6.45, 7) is 0. The molecular formula is CHF5O2S2. The molecule has 0 heterocycles. The number of halogens is 5. The van der Waals surface area contributed by atoms with Gasteiger partial charge in [0.05, 0.1) is 0 Å². The molecule has 0 aromatic rings. The van der Waals surface area contributed by atoms with E-state index < -0.39 is 24.5 Å². The number of hydrogen-bond donors (Lipinski definition) is 1. The maximum absolute atomic E-state index is 11.1. The van der Waals surface area contributed by atoms with Gasteiger partial charge in [-0.05, 0) is 0 Å². The van der Waals surface area contributed by atoms with Gasteiger partial charge in [0, 0.05) is 0 Å². The first-order valence-electron chi connectivity index (χ1n) is 1.60. The predicted molar refractivity (Wildman–Crippen MR) is 26.4 cm³/mol. The fraction of sp³-hybridized carbons (Fsp3) is 1.00. The third kappa shape index (κ3) is 1.80. The molecule has 0 saturated heterocycles. The molecule has 0 aromatic carbocycles. The van der Waals surface area contributed by atoms with Gasteiger partial charge in [-0.15, -0.1) is 7.77 Å². The molecule has 0 fully saturated rings. The lowest BCUT2D eigenvalue weighted by Gasteiger charge is -2.04. The van der Waals surface area contributed by atoms with Gasteiger partial charge in [-0.1, -0.05) is 0 Å². The summed E-state index contributed by atoms with van der Waals surface area (Å²) in [5, 5.41) is 0. The van der Waals surface area contributed by atoms with Crippen molar-refractivity contribution in [1.82, 2.24) is 0 Å². The van der Waals surface area contributed by atoms with Crippen LogP contribution in [0.4, 0.5) is 20.9 Å². The third-order valence-corrected chi connectivity index (χ3v) is 2.98. The van der Waals surface area contributed by atoms with Crippen molar-refractivity contribution in [2.45, 2.75) is 5.51 Å². The van der Waals surface area contributed by atoms with E-state index in [0.717, 1.165) is 0 Å². The Labute approximate surface area is 55.0 Å². The van der Waals surface area contributed by atoms with E-state index in [-0.39, 0.29) is 0 Å². The van der Waals surface area contributed by atoms with Gasteiger partial charge in [-0.25, -0.2) is 4.21 Å². The van der Waals surface area contributed by atoms with Crippen molar-refractivity contribution in [2.75, 3.05) is 0 Å². The van der Waals surface area contributed by atoms with E-state index in [2.05, 4.69) is 0 Å². The normalized spacial score (nSPS) is 19.1. The van der Waals surface area contributed by atoms with E-state index in [4.69, 9.17) is 4.55 Å². The molecule has 10 heavy (non-hydrogen) atoms. The molecule has 0 rings (SSSR count). The SMILES string of the molecule is O=S(O)(=S(F)F)C(F)(F)F. The fourth-order valence-corrected chi connectivity index (χ4v) is 0.643. The highest BCUT2D eigenvalue weighted by atomic mass is 32.9. The summed E-state index contributed by atoms with van der Waals surface area (Å²) >= 11 is 0. The zero-order valence-corrected chi connectivity index (χ0v) is 5.69. The molecule has 1 unspecified atom stereocenters. The molecule has 2 nitrogen and oxygen atoms in total. The van der Waals surface area contributed by atoms with E-state index >= 15 is 0 Å². The second-order valence-corrected chi connectivity index (χ2v) is 5.00. The summed E-state index contributed by atoms with van der Waals surface area (Å²) in [6, 6.07) is 0. The van der Waals surface area contributed by atoms with Crippen LogP contribution in [0.1, 0.15) is 0 Å². The van der Waals surface area contributed by atoms with Crippen LogP contribution in [0.2, 0.25) is 0 Å². The predicted octanol–water partition coefficient (Wildman–Crippen LogP) is 1.57. The molecule has 0 aliphatic heterocycles. The number of rotatable bonds is 0. The second-order valence-electron chi connectivity index (χ2n) is 1.11. The van der Waals surface area contributed by atoms with E-state index in [1.807, 2.05) is 0 Å². The molecule has 0 aliphatic rings. The Morgan fingerprint density at radius 1 is 1.30 bits per heavy atom. The largest absolute Gasteiger partial charge is 0.497 e. The molecule has 0 bridgehead atoms. The Hall–Kier alpha value is 0.110. The maximum Gasteiger partial charge on any atom is 0.497 e. The molecular weight excluding hydrogens is 203 g/mol. The van der Waals surface area contributed by atoms with Crippen LogP contribution >= 0.6 is 0 Å². The summed E-state index contributed by atoms with van der Waals surface area (Å²) < 4.78 is 72.6. The third-order valence-electron chi connectivity index (χ3n) is 0.463. The number of alkyl halides is 3. The highest BCUT2D eigenvalue weighted by Crippen LogP contribution is 2.25. The Morgan fingerprint density at radius 3 is 1.60 bits per heavy atom. The van der Waals surface area contributed by atoms with Gasteiger partial charge in [0.15, 0.2) is 0 Å². The molecule has 0 saturated carbocycles. The minimum absolute atomic E-state index is 4.54. The molecule has 0 amide bonds. The monoisotopic (exact) mass is 204 g/mol. The first kappa shape index (κ1) is 10.1. The van der Waals surface area contributed by atoms with Gasteiger partial charge in [0.2, 0.25) is 0 Å². The summed E-state index contributed by atoms with van der Waals surface area (Å²) in [4.78, 5) is 0. The van der Waals surface area contributed by atoms with Crippen molar-refractivity contribution < 1.29 is 29.7 Å². The number of hydrogen-bond acceptors (Lipinski definition) is 1. The Balaban J connectivity index is 5.18. The lowest BCUT2D eigenvalue weighted by Crippen LogP contribution is -2.23. The van der Waals surface area contributed by atoms with Crippen molar-refractivity contribution in [3.63, 3.8) is 0 Å². The average molecular weight is 204 g/mol. The zero-order valence-electron chi connectivity index (χ0n) is 4.06. The smallest absolute Gasteiger partial charge is 0.299 e. The molecule has 9 heteroatoms. The summed E-state index contributed by atoms with van der Waals surface area (Å²) in [7, 11) is -10.5. The van der Waals surface area contributed by atoms with Gasteiger partial charge in [-0.2, -0.15) is 13.2 Å². The van der Waals surface area contributed by atoms with Crippen molar-refractivity contribution in [3.05, 3.63) is 0 Å². The van der Waals surface area contributed by atoms with E-state index in [0.29, 0.717) is 0 Å². The highest BCUT2D eigenvalue weighted by molar-refractivity contribution is 8.41. The molecule has 64 valence electrons. The lowest BCUT2D eigenvalue weighted by atomic mass is 11.6. The van der Waals surface area contributed by atoms with Crippen molar-refractivity contribution >= 4 is 19.0 Å². The summed E-state index contributed by atoms with van der Waals surface area (Å²) in [5.41, 5.74) is -5.74. The minimum Gasteiger partial charge on any atom is -0.299 e. The first-order chi connectivity index (χ1) is 4.19. The molecule has 0 aromatic heterocycles. The van der Waals surface area contributed by atoms with Crippen molar-refractivity contribution in [2.24, 2.45) is 0 Å². The average Bonchev–Trinajstić information content (AvgIpc) is 1.62. The van der Waals surface area contributed by atoms with Gasteiger partial charge < -0.3 is 0 Å². The van der Waals surface area contributed by atoms with Crippen LogP contribution in [0.25, 0.3) is 0 Å². The van der Waals surface area contributed by atoms with Crippen molar-refractivity contribution in [3.8, 4) is 0 Å². The van der Waals surface area contributed by atoms with Gasteiger partial charge in [0.1, 0.15) is 0 Å². The van der Waals surface area contributed by atoms with Crippen molar-refractivity contribution in [1.29, 1.82) is 0 Å². The Morgan fingerprint density at radius 2 is 1.60 bits per heavy atom. The standard InChI is InChI=1S/CHF5O2S2/c2-1(3,4)10(7,8)9(5)6/h(H,7,8). The van der Waals surface area contributed by atoms with Crippen LogP contribution in [0.15, 0.2) is 0 Å². The Bertz CT molecular complexity index is 229. The molecule has 0 spiro atoms.